The molecule has 0 saturated carbocycles. The first-order valence-electron chi connectivity index (χ1n) is 10.6. The van der Waals surface area contributed by atoms with Crippen LogP contribution in [0.4, 0.5) is 5.69 Å². The molecule has 4 heteroatoms. The Hall–Kier alpha value is -3.89. The summed E-state index contributed by atoms with van der Waals surface area (Å²) in [5.41, 5.74) is 4.88. The Bertz CT molecular complexity index is 1130. The number of ether oxygens (including phenoxy) is 1. The minimum atomic E-state index is -0.115. The zero-order valence-corrected chi connectivity index (χ0v) is 18.0. The lowest BCUT2D eigenvalue weighted by molar-refractivity contribution is 0.102. The van der Waals surface area contributed by atoms with Gasteiger partial charge in [0.25, 0.3) is 5.91 Å². The molecule has 0 aliphatic carbocycles. The minimum Gasteiger partial charge on any atom is -0.497 e. The highest BCUT2D eigenvalue weighted by Gasteiger charge is 2.14. The number of para-hydroxylation sites is 1. The fourth-order valence-electron chi connectivity index (χ4n) is 3.59. The highest BCUT2D eigenvalue weighted by atomic mass is 16.5. The van der Waals surface area contributed by atoms with Crippen molar-refractivity contribution >= 4 is 11.6 Å². The number of nitrogens with one attached hydrogen (secondary N) is 2. The van der Waals surface area contributed by atoms with E-state index >= 15 is 0 Å². The van der Waals surface area contributed by atoms with Crippen LogP contribution in [0.15, 0.2) is 109 Å². The summed E-state index contributed by atoms with van der Waals surface area (Å²) in [7, 11) is 1.67. The fourth-order valence-corrected chi connectivity index (χ4v) is 3.59. The standard InChI is InChI=1S/C28H26N2O2/c1-32-26-18-16-23(17-19-26)27(22-8-4-2-5-9-22)29-20-21-12-14-24(15-13-21)28(31)30-25-10-6-3-7-11-25/h2-19,27,29H,20H2,1H3,(H,30,31). The molecule has 0 aliphatic heterocycles. The molecule has 4 aromatic rings. The van der Waals surface area contributed by atoms with E-state index in [1.165, 1.54) is 5.56 Å². The third-order valence-corrected chi connectivity index (χ3v) is 5.34. The van der Waals surface area contributed by atoms with Gasteiger partial charge in [0.05, 0.1) is 13.2 Å². The number of rotatable bonds is 8. The van der Waals surface area contributed by atoms with Gasteiger partial charge in [-0.2, -0.15) is 0 Å². The number of anilines is 1. The Balaban J connectivity index is 1.45. The lowest BCUT2D eigenvalue weighted by Crippen LogP contribution is -2.22. The molecule has 4 rings (SSSR count). The van der Waals surface area contributed by atoms with Crippen LogP contribution in [0.2, 0.25) is 0 Å². The molecule has 0 radical (unpaired) electrons. The number of carbonyl (C=O) groups excluding carboxylic acids is 1. The molecule has 1 amide bonds. The smallest absolute Gasteiger partial charge is 0.255 e. The van der Waals surface area contributed by atoms with Gasteiger partial charge in [-0.25, -0.2) is 0 Å². The molecule has 0 bridgehead atoms. The molecule has 2 N–H and O–H groups in total. The van der Waals surface area contributed by atoms with Crippen LogP contribution in [0.25, 0.3) is 0 Å². The molecule has 0 aromatic heterocycles. The van der Waals surface area contributed by atoms with Gasteiger partial charge in [0.1, 0.15) is 5.75 Å². The molecule has 0 aliphatic rings. The first-order valence-corrected chi connectivity index (χ1v) is 10.6. The second kappa shape index (κ2) is 10.4. The Morgan fingerprint density at radius 1 is 0.750 bits per heavy atom. The maximum atomic E-state index is 12.5. The Kier molecular flexibility index (Phi) is 6.95. The molecule has 4 aromatic carbocycles. The van der Waals surface area contributed by atoms with Crippen LogP contribution in [-0.2, 0) is 6.54 Å². The average molecular weight is 423 g/mol. The van der Waals surface area contributed by atoms with E-state index in [1.807, 2.05) is 84.9 Å². The summed E-state index contributed by atoms with van der Waals surface area (Å²) in [6, 6.07) is 35.7. The third-order valence-electron chi connectivity index (χ3n) is 5.34. The predicted octanol–water partition coefficient (Wildman–Crippen LogP) is 5.83. The average Bonchev–Trinajstić information content (AvgIpc) is 2.86. The van der Waals surface area contributed by atoms with E-state index in [0.29, 0.717) is 12.1 Å². The van der Waals surface area contributed by atoms with E-state index in [9.17, 15) is 4.79 Å². The summed E-state index contributed by atoms with van der Waals surface area (Å²) in [5, 5.41) is 6.57. The van der Waals surface area contributed by atoms with E-state index in [-0.39, 0.29) is 11.9 Å². The van der Waals surface area contributed by atoms with Crippen LogP contribution < -0.4 is 15.4 Å². The van der Waals surface area contributed by atoms with Crippen molar-refractivity contribution in [2.24, 2.45) is 0 Å². The van der Waals surface area contributed by atoms with Gasteiger partial charge in [0.2, 0.25) is 0 Å². The predicted molar refractivity (Wildman–Crippen MR) is 129 cm³/mol. The molecule has 4 nitrogen and oxygen atoms in total. The van der Waals surface area contributed by atoms with Crippen LogP contribution in [0.1, 0.15) is 33.1 Å². The monoisotopic (exact) mass is 422 g/mol. The third kappa shape index (κ3) is 5.42. The van der Waals surface area contributed by atoms with Gasteiger partial charge in [-0.15, -0.1) is 0 Å². The van der Waals surface area contributed by atoms with Gasteiger partial charge in [-0.1, -0.05) is 72.8 Å². The van der Waals surface area contributed by atoms with Crippen molar-refractivity contribution in [2.75, 3.05) is 12.4 Å². The van der Waals surface area contributed by atoms with E-state index in [0.717, 1.165) is 22.6 Å². The van der Waals surface area contributed by atoms with E-state index in [1.54, 1.807) is 7.11 Å². The van der Waals surface area contributed by atoms with Gasteiger partial charge in [0, 0.05) is 17.8 Å². The van der Waals surface area contributed by atoms with Crippen LogP contribution in [-0.4, -0.2) is 13.0 Å². The normalized spacial score (nSPS) is 11.5. The van der Waals surface area contributed by atoms with Gasteiger partial charge in [0.15, 0.2) is 0 Å². The van der Waals surface area contributed by atoms with E-state index in [2.05, 4.69) is 34.9 Å². The van der Waals surface area contributed by atoms with Crippen LogP contribution in [0, 0.1) is 0 Å². The minimum absolute atomic E-state index is 0.0446. The summed E-state index contributed by atoms with van der Waals surface area (Å²) in [4.78, 5) is 12.5. The molecule has 0 spiro atoms. The number of hydrogen-bond donors (Lipinski definition) is 2. The molecular weight excluding hydrogens is 396 g/mol. The number of amides is 1. The Morgan fingerprint density at radius 2 is 1.34 bits per heavy atom. The number of carbonyl (C=O) groups is 1. The lowest BCUT2D eigenvalue weighted by Gasteiger charge is -2.20. The molecule has 0 saturated heterocycles. The van der Waals surface area contributed by atoms with Gasteiger partial charge >= 0.3 is 0 Å². The summed E-state index contributed by atoms with van der Waals surface area (Å²) in [6.07, 6.45) is 0. The zero-order chi connectivity index (χ0) is 22.2. The van der Waals surface area contributed by atoms with E-state index < -0.39 is 0 Å². The first kappa shape index (κ1) is 21.3. The second-order valence-electron chi connectivity index (χ2n) is 7.51. The second-order valence-corrected chi connectivity index (χ2v) is 7.51. The summed E-state index contributed by atoms with van der Waals surface area (Å²) < 4.78 is 5.30. The SMILES string of the molecule is COc1ccc(C(NCc2ccc(C(=O)Nc3ccccc3)cc2)c2ccccc2)cc1. The Morgan fingerprint density at radius 3 is 1.97 bits per heavy atom. The van der Waals surface area contributed by atoms with Crippen molar-refractivity contribution in [3.8, 4) is 5.75 Å². The van der Waals surface area contributed by atoms with Gasteiger partial charge in [-0.3, -0.25) is 4.79 Å². The summed E-state index contributed by atoms with van der Waals surface area (Å²) >= 11 is 0. The van der Waals surface area contributed by atoms with Crippen molar-refractivity contribution in [1.29, 1.82) is 0 Å². The maximum Gasteiger partial charge on any atom is 0.255 e. The van der Waals surface area contributed by atoms with Crippen LogP contribution >= 0.6 is 0 Å². The lowest BCUT2D eigenvalue weighted by atomic mass is 9.98. The van der Waals surface area contributed by atoms with Crippen molar-refractivity contribution in [3.05, 3.63) is 131 Å². The number of methoxy groups -OCH3 is 1. The number of benzene rings is 4. The summed E-state index contributed by atoms with van der Waals surface area (Å²) in [6.45, 7) is 0.673. The molecule has 32 heavy (non-hydrogen) atoms. The fraction of sp³-hybridized carbons (Fsp3) is 0.107. The van der Waals surface area contributed by atoms with Gasteiger partial charge in [-0.05, 0) is 53.1 Å². The van der Waals surface area contributed by atoms with Crippen molar-refractivity contribution in [1.82, 2.24) is 5.32 Å². The highest BCUT2D eigenvalue weighted by molar-refractivity contribution is 6.04. The zero-order valence-electron chi connectivity index (χ0n) is 18.0. The van der Waals surface area contributed by atoms with Crippen molar-refractivity contribution in [3.63, 3.8) is 0 Å². The van der Waals surface area contributed by atoms with Crippen LogP contribution in [0.3, 0.4) is 0 Å². The van der Waals surface area contributed by atoms with Gasteiger partial charge < -0.3 is 15.4 Å². The largest absolute Gasteiger partial charge is 0.497 e. The van der Waals surface area contributed by atoms with Crippen molar-refractivity contribution < 1.29 is 9.53 Å². The van der Waals surface area contributed by atoms with Crippen LogP contribution in [0.5, 0.6) is 5.75 Å². The molecule has 0 fully saturated rings. The molecule has 1 unspecified atom stereocenters. The van der Waals surface area contributed by atoms with E-state index in [4.69, 9.17) is 4.74 Å². The Labute approximate surface area is 188 Å². The molecule has 160 valence electrons. The topological polar surface area (TPSA) is 50.4 Å². The van der Waals surface area contributed by atoms with Crippen molar-refractivity contribution in [2.45, 2.75) is 12.6 Å². The maximum absolute atomic E-state index is 12.5. The highest BCUT2D eigenvalue weighted by Crippen LogP contribution is 2.24. The first-order chi connectivity index (χ1) is 15.7. The quantitative estimate of drug-likeness (QED) is 0.376. The number of hydrogen-bond acceptors (Lipinski definition) is 3. The molecule has 0 heterocycles. The molecule has 1 atom stereocenters. The summed E-state index contributed by atoms with van der Waals surface area (Å²) in [5.74, 6) is 0.723. The molecular formula is C28H26N2O2.